The van der Waals surface area contributed by atoms with Crippen molar-refractivity contribution >= 4 is 49.6 Å². The minimum Gasteiger partial charge on any atom is -0.496 e. The van der Waals surface area contributed by atoms with E-state index in [0.717, 1.165) is 22.4 Å². The zero-order valence-electron chi connectivity index (χ0n) is 18.8. The minimum absolute atomic E-state index is 0.141. The molecule has 0 aliphatic heterocycles. The summed E-state index contributed by atoms with van der Waals surface area (Å²) in [5, 5.41) is 12.2. The molecule has 3 aromatic rings. The van der Waals surface area contributed by atoms with Crippen LogP contribution in [0.2, 0.25) is 0 Å². The van der Waals surface area contributed by atoms with Gasteiger partial charge in [0.25, 0.3) is 17.8 Å². The SMILES string of the molecule is CCCn1nnc(N(C(=O)c2cc(Br)cc(C)c2OC)C(=O)c2cc(Br)cc(C)c2OC)n1. The lowest BCUT2D eigenvalue weighted by Gasteiger charge is -2.21. The molecular weight excluding hydrogens is 558 g/mol. The normalized spacial score (nSPS) is 10.8. The lowest BCUT2D eigenvalue weighted by atomic mass is 10.1. The van der Waals surface area contributed by atoms with E-state index >= 15 is 0 Å². The summed E-state index contributed by atoms with van der Waals surface area (Å²) in [5.41, 5.74) is 1.80. The molecule has 0 N–H and O–H groups in total. The summed E-state index contributed by atoms with van der Waals surface area (Å²) in [5.74, 6) is -0.759. The molecule has 3 rings (SSSR count). The number of methoxy groups -OCH3 is 2. The van der Waals surface area contributed by atoms with Crippen LogP contribution in [-0.4, -0.2) is 46.2 Å². The van der Waals surface area contributed by atoms with Crippen molar-refractivity contribution in [2.24, 2.45) is 0 Å². The molecule has 0 saturated heterocycles. The summed E-state index contributed by atoms with van der Waals surface area (Å²) in [6, 6.07) is 6.82. The zero-order valence-corrected chi connectivity index (χ0v) is 22.0. The van der Waals surface area contributed by atoms with Crippen LogP contribution in [0.1, 0.15) is 45.2 Å². The van der Waals surface area contributed by atoms with Gasteiger partial charge in [0.15, 0.2) is 0 Å². The second kappa shape index (κ2) is 10.4. The van der Waals surface area contributed by atoms with Gasteiger partial charge in [-0.1, -0.05) is 43.9 Å². The van der Waals surface area contributed by atoms with Crippen LogP contribution in [0.3, 0.4) is 0 Å². The van der Waals surface area contributed by atoms with Crippen molar-refractivity contribution in [3.05, 3.63) is 55.5 Å². The van der Waals surface area contributed by atoms with Crippen LogP contribution in [0.15, 0.2) is 33.2 Å². The van der Waals surface area contributed by atoms with E-state index in [4.69, 9.17) is 9.47 Å². The fourth-order valence-electron chi connectivity index (χ4n) is 3.45. The maximum atomic E-state index is 13.8. The molecule has 0 atom stereocenters. The fraction of sp³-hybridized carbons (Fsp3) is 0.318. The molecule has 0 aliphatic rings. The van der Waals surface area contributed by atoms with E-state index in [1.165, 1.54) is 19.0 Å². The predicted octanol–water partition coefficient (Wildman–Crippen LogP) is 4.73. The average Bonchev–Trinajstić information content (AvgIpc) is 3.21. The molecule has 0 radical (unpaired) electrons. The molecule has 0 spiro atoms. The predicted molar refractivity (Wildman–Crippen MR) is 130 cm³/mol. The minimum atomic E-state index is -0.656. The topological polar surface area (TPSA) is 99.4 Å². The van der Waals surface area contributed by atoms with Crippen LogP contribution in [0.4, 0.5) is 5.95 Å². The van der Waals surface area contributed by atoms with Crippen LogP contribution in [0.25, 0.3) is 0 Å². The molecule has 2 amide bonds. The molecule has 1 aromatic heterocycles. The van der Waals surface area contributed by atoms with Crippen LogP contribution in [0, 0.1) is 13.8 Å². The Bertz CT molecular complexity index is 1140. The van der Waals surface area contributed by atoms with Gasteiger partial charge in [0, 0.05) is 8.95 Å². The number of aryl methyl sites for hydroxylation is 3. The van der Waals surface area contributed by atoms with Gasteiger partial charge in [0.2, 0.25) is 0 Å². The van der Waals surface area contributed by atoms with Crippen molar-refractivity contribution in [2.45, 2.75) is 33.7 Å². The first kappa shape index (κ1) is 24.8. The molecule has 1 heterocycles. The van der Waals surface area contributed by atoms with Gasteiger partial charge in [-0.2, -0.15) is 4.80 Å². The number of hydrogen-bond donors (Lipinski definition) is 0. The van der Waals surface area contributed by atoms with Crippen molar-refractivity contribution in [1.82, 2.24) is 20.2 Å². The maximum absolute atomic E-state index is 13.8. The highest BCUT2D eigenvalue weighted by Gasteiger charge is 2.34. The first-order valence-electron chi connectivity index (χ1n) is 10.1. The van der Waals surface area contributed by atoms with Crippen LogP contribution in [0.5, 0.6) is 11.5 Å². The van der Waals surface area contributed by atoms with Crippen LogP contribution >= 0.6 is 31.9 Å². The van der Waals surface area contributed by atoms with Gasteiger partial charge >= 0.3 is 0 Å². The average molecular weight is 581 g/mol. The number of amides is 2. The lowest BCUT2D eigenvalue weighted by Crippen LogP contribution is -2.38. The van der Waals surface area contributed by atoms with E-state index in [2.05, 4.69) is 47.3 Å². The lowest BCUT2D eigenvalue weighted by molar-refractivity contribution is 0.0892. The third-order valence-corrected chi connectivity index (χ3v) is 5.74. The highest BCUT2D eigenvalue weighted by molar-refractivity contribution is 9.10. The van der Waals surface area contributed by atoms with Gasteiger partial charge in [-0.05, 0) is 60.9 Å². The summed E-state index contributed by atoms with van der Waals surface area (Å²) < 4.78 is 12.3. The summed E-state index contributed by atoms with van der Waals surface area (Å²) in [6.07, 6.45) is 0.759. The Labute approximate surface area is 208 Å². The van der Waals surface area contributed by atoms with Crippen molar-refractivity contribution in [1.29, 1.82) is 0 Å². The van der Waals surface area contributed by atoms with Gasteiger partial charge in [0.1, 0.15) is 11.5 Å². The second-order valence-electron chi connectivity index (χ2n) is 7.24. The van der Waals surface area contributed by atoms with Crippen molar-refractivity contribution in [3.8, 4) is 11.5 Å². The molecule has 9 nitrogen and oxygen atoms in total. The largest absolute Gasteiger partial charge is 0.496 e. The smallest absolute Gasteiger partial charge is 0.280 e. The van der Waals surface area contributed by atoms with Crippen molar-refractivity contribution in [3.63, 3.8) is 0 Å². The van der Waals surface area contributed by atoms with E-state index in [1.807, 2.05) is 32.9 Å². The van der Waals surface area contributed by atoms with E-state index < -0.39 is 11.8 Å². The van der Waals surface area contributed by atoms with Crippen molar-refractivity contribution < 1.29 is 19.1 Å². The Morgan fingerprint density at radius 1 is 0.939 bits per heavy atom. The van der Waals surface area contributed by atoms with Gasteiger partial charge in [-0.25, -0.2) is 4.90 Å². The Morgan fingerprint density at radius 2 is 1.42 bits per heavy atom. The first-order chi connectivity index (χ1) is 15.7. The molecule has 33 heavy (non-hydrogen) atoms. The van der Waals surface area contributed by atoms with Crippen molar-refractivity contribution in [2.75, 3.05) is 19.1 Å². The van der Waals surface area contributed by atoms with Crippen LogP contribution in [-0.2, 0) is 6.54 Å². The number of halogens is 2. The quantitative estimate of drug-likeness (QED) is 0.372. The number of carbonyl (C=O) groups excluding carboxylic acids is 2. The standard InChI is InChI=1S/C22H23Br2N5O4/c1-6-7-28-26-22(25-27-28)29(20(30)16-10-14(23)8-12(2)18(16)32-4)21(31)17-11-15(24)9-13(3)19(17)33-5/h8-11H,6-7H2,1-5H3. The number of rotatable bonds is 7. The Kier molecular flexibility index (Phi) is 7.85. The molecular formula is C22H23Br2N5O4. The highest BCUT2D eigenvalue weighted by Crippen LogP contribution is 2.33. The number of carbonyl (C=O) groups is 2. The van der Waals surface area contributed by atoms with E-state index in [9.17, 15) is 9.59 Å². The molecule has 0 fully saturated rings. The third kappa shape index (κ3) is 5.09. The molecule has 2 aromatic carbocycles. The van der Waals surface area contributed by atoms with Gasteiger partial charge in [-0.3, -0.25) is 9.59 Å². The van der Waals surface area contributed by atoms with E-state index in [-0.39, 0.29) is 17.1 Å². The Balaban J connectivity index is 2.22. The molecule has 174 valence electrons. The number of hydrogen-bond acceptors (Lipinski definition) is 7. The first-order valence-corrected chi connectivity index (χ1v) is 11.6. The summed E-state index contributed by atoms with van der Waals surface area (Å²) >= 11 is 6.83. The Hall–Kier alpha value is -2.79. The monoisotopic (exact) mass is 579 g/mol. The maximum Gasteiger partial charge on any atom is 0.280 e. The summed E-state index contributed by atoms with van der Waals surface area (Å²) in [7, 11) is 2.94. The molecule has 0 aliphatic carbocycles. The molecule has 0 saturated carbocycles. The number of aromatic nitrogens is 4. The zero-order chi connectivity index (χ0) is 24.3. The third-order valence-electron chi connectivity index (χ3n) is 4.82. The van der Waals surface area contributed by atoms with Crippen LogP contribution < -0.4 is 14.4 Å². The highest BCUT2D eigenvalue weighted by atomic mass is 79.9. The molecule has 0 bridgehead atoms. The Morgan fingerprint density at radius 3 is 1.85 bits per heavy atom. The van der Waals surface area contributed by atoms with E-state index in [1.54, 1.807) is 12.1 Å². The number of nitrogens with zero attached hydrogens (tertiary/aromatic N) is 5. The molecule has 11 heteroatoms. The molecule has 0 unspecified atom stereocenters. The number of benzene rings is 2. The number of tetrazole rings is 1. The number of imide groups is 1. The summed E-state index contributed by atoms with van der Waals surface area (Å²) in [6.45, 7) is 6.06. The second-order valence-corrected chi connectivity index (χ2v) is 9.07. The van der Waals surface area contributed by atoms with E-state index in [0.29, 0.717) is 27.0 Å². The van der Waals surface area contributed by atoms with Gasteiger partial charge in [0.05, 0.1) is 31.9 Å². The summed E-state index contributed by atoms with van der Waals surface area (Å²) in [4.78, 5) is 29.9. The number of anilines is 1. The van der Waals surface area contributed by atoms with Gasteiger partial charge < -0.3 is 9.47 Å². The van der Waals surface area contributed by atoms with Gasteiger partial charge in [-0.15, -0.1) is 5.10 Å². The number of ether oxygens (including phenoxy) is 2. The fourth-order valence-corrected chi connectivity index (χ4v) is 4.60.